The summed E-state index contributed by atoms with van der Waals surface area (Å²) < 4.78 is 5.43. The van der Waals surface area contributed by atoms with Gasteiger partial charge in [-0.1, -0.05) is 18.2 Å². The summed E-state index contributed by atoms with van der Waals surface area (Å²) in [6.45, 7) is 6.10. The summed E-state index contributed by atoms with van der Waals surface area (Å²) >= 11 is 0. The monoisotopic (exact) mass is 313 g/mol. The van der Waals surface area contributed by atoms with Crippen LogP contribution in [0.4, 0.5) is 10.5 Å². The zero-order valence-electron chi connectivity index (χ0n) is 13.4. The van der Waals surface area contributed by atoms with Gasteiger partial charge in [-0.15, -0.1) is 0 Å². The van der Waals surface area contributed by atoms with E-state index in [2.05, 4.69) is 11.0 Å². The Morgan fingerprint density at radius 1 is 1.43 bits per heavy atom. The third-order valence-electron chi connectivity index (χ3n) is 4.85. The van der Waals surface area contributed by atoms with Crippen molar-refractivity contribution in [3.63, 3.8) is 0 Å². The first kappa shape index (κ1) is 14.3. The minimum atomic E-state index is -1.59. The van der Waals surface area contributed by atoms with Gasteiger partial charge >= 0.3 is 6.09 Å². The molecule has 1 N–H and O–H groups in total. The molecule has 3 aliphatic rings. The SMILES string of the molecule is CC(C)(C)OC(=O)N1[C@H]2[C@@H]1CN1c3ccccc3C(O)(C#N)[C@@H]21. The highest BCUT2D eigenvalue weighted by molar-refractivity contribution is 5.77. The fourth-order valence-corrected chi connectivity index (χ4v) is 3.98. The van der Waals surface area contributed by atoms with Crippen LogP contribution in [0, 0.1) is 11.3 Å². The lowest BCUT2D eigenvalue weighted by Crippen LogP contribution is -2.48. The van der Waals surface area contributed by atoms with Gasteiger partial charge < -0.3 is 14.7 Å². The number of carbonyl (C=O) groups excluding carboxylic acids is 1. The third kappa shape index (κ3) is 1.80. The second-order valence-electron chi connectivity index (χ2n) is 7.44. The lowest BCUT2D eigenvalue weighted by atomic mass is 9.89. The van der Waals surface area contributed by atoms with Crippen LogP contribution in [0.15, 0.2) is 24.3 Å². The Kier molecular flexibility index (Phi) is 2.60. The van der Waals surface area contributed by atoms with Gasteiger partial charge in [-0.3, -0.25) is 4.90 Å². The molecule has 1 unspecified atom stereocenters. The van der Waals surface area contributed by atoms with Crippen LogP contribution in [-0.2, 0) is 10.3 Å². The number of piperazine rings is 1. The first-order valence-electron chi connectivity index (χ1n) is 7.79. The number of amides is 1. The van der Waals surface area contributed by atoms with E-state index < -0.39 is 17.2 Å². The Morgan fingerprint density at radius 3 is 2.78 bits per heavy atom. The van der Waals surface area contributed by atoms with Gasteiger partial charge in [0.1, 0.15) is 11.7 Å². The predicted octanol–water partition coefficient (Wildman–Crippen LogP) is 1.59. The molecule has 6 nitrogen and oxygen atoms in total. The fourth-order valence-electron chi connectivity index (χ4n) is 3.98. The fraction of sp³-hybridized carbons (Fsp3) is 0.529. The summed E-state index contributed by atoms with van der Waals surface area (Å²) in [6.07, 6.45) is -0.372. The molecule has 3 heterocycles. The van der Waals surface area contributed by atoms with Gasteiger partial charge in [-0.05, 0) is 26.8 Å². The summed E-state index contributed by atoms with van der Waals surface area (Å²) in [6, 6.07) is 8.88. The van der Waals surface area contributed by atoms with Crippen molar-refractivity contribution in [1.29, 1.82) is 5.26 Å². The highest BCUT2D eigenvalue weighted by Crippen LogP contribution is 2.55. The highest BCUT2D eigenvalue weighted by Gasteiger charge is 2.71. The van der Waals surface area contributed by atoms with E-state index in [-0.39, 0.29) is 18.2 Å². The van der Waals surface area contributed by atoms with E-state index in [9.17, 15) is 15.2 Å². The zero-order chi connectivity index (χ0) is 16.6. The molecule has 0 saturated carbocycles. The van der Waals surface area contributed by atoms with E-state index in [1.165, 1.54) is 0 Å². The molecule has 1 aromatic carbocycles. The summed E-state index contributed by atoms with van der Waals surface area (Å²) in [5, 5.41) is 20.6. The average molecular weight is 313 g/mol. The number of benzene rings is 1. The molecule has 6 heteroatoms. The Balaban J connectivity index is 1.64. The van der Waals surface area contributed by atoms with E-state index in [0.29, 0.717) is 12.1 Å². The topological polar surface area (TPSA) is 76.6 Å². The Hall–Kier alpha value is -2.26. The summed E-state index contributed by atoms with van der Waals surface area (Å²) in [5.41, 5.74) is -0.634. The Morgan fingerprint density at radius 2 is 2.13 bits per heavy atom. The number of hydrogen-bond donors (Lipinski definition) is 1. The van der Waals surface area contributed by atoms with Gasteiger partial charge in [-0.2, -0.15) is 5.26 Å². The second-order valence-corrected chi connectivity index (χ2v) is 7.44. The predicted molar refractivity (Wildman–Crippen MR) is 82.7 cm³/mol. The van der Waals surface area contributed by atoms with Crippen molar-refractivity contribution in [2.24, 2.45) is 0 Å². The standard InChI is InChI=1S/C17H19N3O3/c1-16(2,3)23-15(21)20-12-8-19-11-7-5-4-6-10(11)17(22,9-18)14(19)13(12)20/h4-7,12-14,22H,8H2,1-3H3/t12-,13-,14+,17?,20?/m0/s1. The van der Waals surface area contributed by atoms with Crippen molar-refractivity contribution in [2.45, 2.75) is 50.1 Å². The lowest BCUT2D eigenvalue weighted by Gasteiger charge is -2.30. The molecule has 2 saturated heterocycles. The maximum atomic E-state index is 12.3. The molecule has 0 spiro atoms. The normalized spacial score (nSPS) is 33.6. The first-order chi connectivity index (χ1) is 10.8. The van der Waals surface area contributed by atoms with E-state index in [1.807, 2.05) is 39.0 Å². The number of nitrogens with zero attached hydrogens (tertiary/aromatic N) is 3. The number of fused-ring (bicyclic) bond motifs is 5. The minimum absolute atomic E-state index is 0.00285. The van der Waals surface area contributed by atoms with Crippen LogP contribution >= 0.6 is 0 Å². The maximum Gasteiger partial charge on any atom is 0.411 e. The third-order valence-corrected chi connectivity index (χ3v) is 4.85. The number of aliphatic hydroxyl groups is 1. The molecular formula is C17H19N3O3. The van der Waals surface area contributed by atoms with Gasteiger partial charge in [0.15, 0.2) is 0 Å². The largest absolute Gasteiger partial charge is 0.444 e. The minimum Gasteiger partial charge on any atom is -0.444 e. The van der Waals surface area contributed by atoms with E-state index >= 15 is 0 Å². The summed E-state index contributed by atoms with van der Waals surface area (Å²) in [4.78, 5) is 16.0. The number of nitriles is 1. The molecule has 120 valence electrons. The second kappa shape index (κ2) is 4.18. The molecule has 0 bridgehead atoms. The molecule has 23 heavy (non-hydrogen) atoms. The lowest BCUT2D eigenvalue weighted by molar-refractivity contribution is 0.0328. The Labute approximate surface area is 134 Å². The molecule has 4 rings (SSSR count). The first-order valence-corrected chi connectivity index (χ1v) is 7.79. The van der Waals surface area contributed by atoms with Crippen LogP contribution in [0.2, 0.25) is 0 Å². The molecule has 2 fully saturated rings. The van der Waals surface area contributed by atoms with Crippen LogP contribution in [0.1, 0.15) is 26.3 Å². The number of hydrogen-bond acceptors (Lipinski definition) is 5. The van der Waals surface area contributed by atoms with Crippen molar-refractivity contribution in [3.8, 4) is 6.07 Å². The van der Waals surface area contributed by atoms with Crippen molar-refractivity contribution >= 4 is 11.8 Å². The number of para-hydroxylation sites is 1. The van der Waals surface area contributed by atoms with E-state index in [4.69, 9.17) is 4.74 Å². The van der Waals surface area contributed by atoms with Gasteiger partial charge in [0.05, 0.1) is 18.1 Å². The molecule has 4 atom stereocenters. The Bertz CT molecular complexity index is 735. The zero-order valence-corrected chi connectivity index (χ0v) is 13.4. The summed E-state index contributed by atoms with van der Waals surface area (Å²) in [5.74, 6) is 0. The van der Waals surface area contributed by atoms with Gasteiger partial charge in [-0.25, -0.2) is 4.79 Å². The molecule has 0 aliphatic carbocycles. The van der Waals surface area contributed by atoms with Gasteiger partial charge in [0.25, 0.3) is 0 Å². The van der Waals surface area contributed by atoms with Gasteiger partial charge in [0, 0.05) is 17.8 Å². The van der Waals surface area contributed by atoms with Crippen molar-refractivity contribution in [1.82, 2.24) is 4.90 Å². The number of anilines is 1. The van der Waals surface area contributed by atoms with Crippen molar-refractivity contribution in [3.05, 3.63) is 29.8 Å². The van der Waals surface area contributed by atoms with Crippen LogP contribution in [0.3, 0.4) is 0 Å². The molecular weight excluding hydrogens is 294 g/mol. The molecule has 0 aromatic heterocycles. The highest BCUT2D eigenvalue weighted by atomic mass is 16.6. The molecule has 3 aliphatic heterocycles. The number of carbonyl (C=O) groups is 1. The smallest absolute Gasteiger partial charge is 0.411 e. The maximum absolute atomic E-state index is 12.3. The molecule has 0 radical (unpaired) electrons. The van der Waals surface area contributed by atoms with Crippen LogP contribution in [0.25, 0.3) is 0 Å². The number of ether oxygens (including phenoxy) is 1. The van der Waals surface area contributed by atoms with Crippen LogP contribution in [0.5, 0.6) is 0 Å². The van der Waals surface area contributed by atoms with Crippen LogP contribution in [-0.4, -0.2) is 46.4 Å². The summed E-state index contributed by atoms with van der Waals surface area (Å²) in [7, 11) is 0. The molecule has 1 aromatic rings. The van der Waals surface area contributed by atoms with E-state index in [1.54, 1.807) is 11.0 Å². The molecule has 1 amide bonds. The van der Waals surface area contributed by atoms with E-state index in [0.717, 1.165) is 5.69 Å². The quantitative estimate of drug-likeness (QED) is 0.581. The number of rotatable bonds is 0. The van der Waals surface area contributed by atoms with Crippen molar-refractivity contribution in [2.75, 3.05) is 11.4 Å². The van der Waals surface area contributed by atoms with Gasteiger partial charge in [0.2, 0.25) is 5.60 Å². The van der Waals surface area contributed by atoms with Crippen molar-refractivity contribution < 1.29 is 14.6 Å². The van der Waals surface area contributed by atoms with Crippen LogP contribution < -0.4 is 4.90 Å². The average Bonchev–Trinajstić information content (AvgIpc) is 2.94.